The number of piperazine rings is 1. The highest BCUT2D eigenvalue weighted by Gasteiger charge is 2.19. The molecule has 1 fully saturated rings. The molecule has 0 bridgehead atoms. The largest absolute Gasteiger partial charge is 0.354 e. The number of hydrogen-bond acceptors (Lipinski definition) is 6. The van der Waals surface area contributed by atoms with E-state index in [0.29, 0.717) is 5.89 Å². The van der Waals surface area contributed by atoms with Gasteiger partial charge in [-0.1, -0.05) is 32.9 Å². The zero-order valence-corrected chi connectivity index (χ0v) is 15.8. The molecule has 0 aromatic carbocycles. The van der Waals surface area contributed by atoms with E-state index in [9.17, 15) is 0 Å². The summed E-state index contributed by atoms with van der Waals surface area (Å²) in [6, 6.07) is 3.99. The molecule has 136 valence electrons. The number of pyridine rings is 1. The van der Waals surface area contributed by atoms with Gasteiger partial charge in [0.25, 0.3) is 5.89 Å². The van der Waals surface area contributed by atoms with Gasteiger partial charge in [0.15, 0.2) is 5.82 Å². The van der Waals surface area contributed by atoms with Gasteiger partial charge in [0, 0.05) is 43.9 Å². The molecule has 6 nitrogen and oxygen atoms in total. The normalized spacial score (nSPS) is 16.2. The third-order valence-electron chi connectivity index (χ3n) is 4.67. The summed E-state index contributed by atoms with van der Waals surface area (Å²) in [4.78, 5) is 13.9. The lowest BCUT2D eigenvalue weighted by Crippen LogP contribution is -2.47. The monoisotopic (exact) mass is 343 g/mol. The molecule has 0 unspecified atom stereocenters. The fourth-order valence-electron chi connectivity index (χ4n) is 2.95. The van der Waals surface area contributed by atoms with E-state index in [0.717, 1.165) is 49.3 Å². The summed E-state index contributed by atoms with van der Waals surface area (Å²) in [7, 11) is 0. The third kappa shape index (κ3) is 4.57. The van der Waals surface area contributed by atoms with Crippen LogP contribution in [0.25, 0.3) is 11.5 Å². The predicted molar refractivity (Wildman–Crippen MR) is 99.7 cm³/mol. The summed E-state index contributed by atoms with van der Waals surface area (Å²) in [6.45, 7) is 14.1. The SMILES string of the molecule is CC(C)CCN1CCN(c2cc(-c3nc(C(C)C)no3)ccn2)CC1. The van der Waals surface area contributed by atoms with Crippen molar-refractivity contribution in [3.05, 3.63) is 24.2 Å². The minimum atomic E-state index is 0.262. The first-order chi connectivity index (χ1) is 12.0. The molecule has 0 amide bonds. The summed E-state index contributed by atoms with van der Waals surface area (Å²) < 4.78 is 5.41. The highest BCUT2D eigenvalue weighted by Crippen LogP contribution is 2.24. The van der Waals surface area contributed by atoms with Crippen LogP contribution < -0.4 is 4.90 Å². The van der Waals surface area contributed by atoms with Gasteiger partial charge in [-0.05, 0) is 31.0 Å². The van der Waals surface area contributed by atoms with Crippen LogP contribution in [0.2, 0.25) is 0 Å². The third-order valence-corrected chi connectivity index (χ3v) is 4.67. The molecule has 25 heavy (non-hydrogen) atoms. The van der Waals surface area contributed by atoms with Gasteiger partial charge in [-0.25, -0.2) is 4.98 Å². The van der Waals surface area contributed by atoms with E-state index < -0.39 is 0 Å². The highest BCUT2D eigenvalue weighted by molar-refractivity contribution is 5.58. The van der Waals surface area contributed by atoms with Crippen LogP contribution in [0, 0.1) is 5.92 Å². The highest BCUT2D eigenvalue weighted by atomic mass is 16.5. The first-order valence-corrected chi connectivity index (χ1v) is 9.30. The Bertz CT molecular complexity index is 674. The first-order valence-electron chi connectivity index (χ1n) is 9.30. The molecule has 0 N–H and O–H groups in total. The Balaban J connectivity index is 1.64. The van der Waals surface area contributed by atoms with E-state index in [1.54, 1.807) is 0 Å². The van der Waals surface area contributed by atoms with Gasteiger partial charge in [-0.3, -0.25) is 4.90 Å². The maximum absolute atomic E-state index is 5.41. The van der Waals surface area contributed by atoms with Crippen molar-refractivity contribution in [3.63, 3.8) is 0 Å². The molecule has 3 heterocycles. The van der Waals surface area contributed by atoms with Gasteiger partial charge in [-0.2, -0.15) is 4.98 Å². The smallest absolute Gasteiger partial charge is 0.258 e. The van der Waals surface area contributed by atoms with Crippen molar-refractivity contribution in [2.75, 3.05) is 37.6 Å². The van der Waals surface area contributed by atoms with Gasteiger partial charge < -0.3 is 9.42 Å². The summed E-state index contributed by atoms with van der Waals surface area (Å²) >= 11 is 0. The van der Waals surface area contributed by atoms with Crippen LogP contribution in [0.15, 0.2) is 22.9 Å². The molecule has 1 saturated heterocycles. The van der Waals surface area contributed by atoms with Gasteiger partial charge in [0.2, 0.25) is 0 Å². The molecule has 6 heteroatoms. The Morgan fingerprint density at radius 1 is 1.12 bits per heavy atom. The van der Waals surface area contributed by atoms with Gasteiger partial charge in [0.05, 0.1) is 0 Å². The standard InChI is InChI=1S/C19H29N5O/c1-14(2)6-8-23-9-11-24(12-10-23)17-13-16(5-7-20-17)19-21-18(15(3)4)22-25-19/h5,7,13-15H,6,8-12H2,1-4H3. The number of anilines is 1. The number of aromatic nitrogens is 3. The molecule has 0 spiro atoms. The lowest BCUT2D eigenvalue weighted by atomic mass is 10.1. The van der Waals surface area contributed by atoms with Crippen LogP contribution in [-0.4, -0.2) is 52.7 Å². The molecular weight excluding hydrogens is 314 g/mol. The Morgan fingerprint density at radius 2 is 1.88 bits per heavy atom. The van der Waals surface area contributed by atoms with Crippen molar-refractivity contribution >= 4 is 5.82 Å². The molecule has 2 aromatic rings. The summed E-state index contributed by atoms with van der Waals surface area (Å²) in [5.74, 6) is 3.33. The quantitative estimate of drug-likeness (QED) is 0.801. The van der Waals surface area contributed by atoms with Crippen molar-refractivity contribution in [2.45, 2.75) is 40.0 Å². The lowest BCUT2D eigenvalue weighted by Gasteiger charge is -2.35. The van der Waals surface area contributed by atoms with Crippen LogP contribution in [0.5, 0.6) is 0 Å². The lowest BCUT2D eigenvalue weighted by molar-refractivity contribution is 0.243. The molecular formula is C19H29N5O. The molecule has 3 rings (SSSR count). The number of hydrogen-bond donors (Lipinski definition) is 0. The average Bonchev–Trinajstić information content (AvgIpc) is 3.11. The zero-order valence-electron chi connectivity index (χ0n) is 15.8. The van der Waals surface area contributed by atoms with Gasteiger partial charge in [0.1, 0.15) is 5.82 Å². The topological polar surface area (TPSA) is 58.3 Å². The minimum absolute atomic E-state index is 0.262. The van der Waals surface area contributed by atoms with E-state index in [1.807, 2.05) is 12.3 Å². The van der Waals surface area contributed by atoms with Crippen LogP contribution in [0.4, 0.5) is 5.82 Å². The molecule has 0 radical (unpaired) electrons. The fourth-order valence-corrected chi connectivity index (χ4v) is 2.95. The Labute approximate surface area is 150 Å². The predicted octanol–water partition coefficient (Wildman–Crippen LogP) is 3.42. The number of rotatable bonds is 6. The molecule has 1 aliphatic rings. The first kappa shape index (κ1) is 17.9. The second-order valence-corrected chi connectivity index (χ2v) is 7.53. The molecule has 0 aliphatic carbocycles. The zero-order chi connectivity index (χ0) is 17.8. The van der Waals surface area contributed by atoms with Crippen molar-refractivity contribution in [1.29, 1.82) is 0 Å². The summed E-state index contributed by atoms with van der Waals surface area (Å²) in [5.41, 5.74) is 0.937. The Hall–Kier alpha value is -1.95. The van der Waals surface area contributed by atoms with Gasteiger partial charge >= 0.3 is 0 Å². The van der Waals surface area contributed by atoms with E-state index in [1.165, 1.54) is 13.0 Å². The molecule has 1 aliphatic heterocycles. The van der Waals surface area contributed by atoms with Crippen molar-refractivity contribution in [2.24, 2.45) is 5.92 Å². The maximum atomic E-state index is 5.41. The molecule has 0 atom stereocenters. The van der Waals surface area contributed by atoms with Crippen LogP contribution in [-0.2, 0) is 0 Å². The van der Waals surface area contributed by atoms with Crippen LogP contribution in [0.1, 0.15) is 45.9 Å². The Morgan fingerprint density at radius 3 is 2.52 bits per heavy atom. The van der Waals surface area contributed by atoms with Crippen LogP contribution in [0.3, 0.4) is 0 Å². The van der Waals surface area contributed by atoms with E-state index in [-0.39, 0.29) is 5.92 Å². The maximum Gasteiger partial charge on any atom is 0.258 e. The van der Waals surface area contributed by atoms with E-state index >= 15 is 0 Å². The van der Waals surface area contributed by atoms with E-state index in [2.05, 4.69) is 58.7 Å². The second kappa shape index (κ2) is 7.95. The van der Waals surface area contributed by atoms with Crippen molar-refractivity contribution < 1.29 is 4.52 Å². The summed E-state index contributed by atoms with van der Waals surface area (Å²) in [5, 5.41) is 4.05. The minimum Gasteiger partial charge on any atom is -0.354 e. The average molecular weight is 343 g/mol. The van der Waals surface area contributed by atoms with Crippen molar-refractivity contribution in [1.82, 2.24) is 20.0 Å². The van der Waals surface area contributed by atoms with E-state index in [4.69, 9.17) is 4.52 Å². The van der Waals surface area contributed by atoms with Crippen molar-refractivity contribution in [3.8, 4) is 11.5 Å². The van der Waals surface area contributed by atoms with Gasteiger partial charge in [-0.15, -0.1) is 0 Å². The fraction of sp³-hybridized carbons (Fsp3) is 0.632. The number of nitrogens with zero attached hydrogens (tertiary/aromatic N) is 5. The second-order valence-electron chi connectivity index (χ2n) is 7.53. The summed E-state index contributed by atoms with van der Waals surface area (Å²) in [6.07, 6.45) is 3.10. The Kier molecular flexibility index (Phi) is 5.68. The molecule has 2 aromatic heterocycles. The molecule has 0 saturated carbocycles. The van der Waals surface area contributed by atoms with Crippen LogP contribution >= 0.6 is 0 Å².